The Hall–Kier alpha value is -1.80. The van der Waals surface area contributed by atoms with E-state index >= 15 is 0 Å². The van der Waals surface area contributed by atoms with Crippen LogP contribution in [-0.2, 0) is 6.61 Å². The molecule has 2 heteroatoms. The zero-order valence-electron chi connectivity index (χ0n) is 13.7. The summed E-state index contributed by atoms with van der Waals surface area (Å²) in [7, 11) is 1.98. The highest BCUT2D eigenvalue weighted by atomic mass is 16.5. The van der Waals surface area contributed by atoms with Crippen LogP contribution in [0.15, 0.2) is 36.4 Å². The fourth-order valence-electron chi connectivity index (χ4n) is 2.38. The monoisotopic (exact) mass is 283 g/mol. The Morgan fingerprint density at radius 2 is 1.76 bits per heavy atom. The van der Waals surface area contributed by atoms with E-state index in [1.54, 1.807) is 0 Å². The third-order valence-corrected chi connectivity index (χ3v) is 4.02. The van der Waals surface area contributed by atoms with Crippen LogP contribution in [0.3, 0.4) is 0 Å². The summed E-state index contributed by atoms with van der Waals surface area (Å²) in [4.78, 5) is 0. The van der Waals surface area contributed by atoms with E-state index in [1.807, 2.05) is 7.05 Å². The maximum Gasteiger partial charge on any atom is 0.122 e. The molecule has 0 fully saturated rings. The Balaban J connectivity index is 2.11. The molecule has 0 bridgehead atoms. The van der Waals surface area contributed by atoms with Crippen molar-refractivity contribution in [3.05, 3.63) is 64.2 Å². The summed E-state index contributed by atoms with van der Waals surface area (Å²) in [6.45, 7) is 9.12. The molecule has 2 aromatic carbocycles. The molecule has 0 aromatic heterocycles. The Bertz CT molecular complexity index is 619. The van der Waals surface area contributed by atoms with Gasteiger partial charge in [0.25, 0.3) is 0 Å². The van der Waals surface area contributed by atoms with Crippen LogP contribution >= 0.6 is 0 Å². The van der Waals surface area contributed by atoms with E-state index in [0.29, 0.717) is 12.6 Å². The minimum Gasteiger partial charge on any atom is -0.489 e. The van der Waals surface area contributed by atoms with Crippen LogP contribution < -0.4 is 10.1 Å². The first-order chi connectivity index (χ1) is 10.0. The molecule has 0 spiro atoms. The maximum absolute atomic E-state index is 6.01. The average molecular weight is 283 g/mol. The lowest BCUT2D eigenvalue weighted by Gasteiger charge is -2.15. The van der Waals surface area contributed by atoms with Crippen molar-refractivity contribution in [1.82, 2.24) is 5.32 Å². The van der Waals surface area contributed by atoms with Gasteiger partial charge in [-0.25, -0.2) is 0 Å². The van der Waals surface area contributed by atoms with Crippen LogP contribution in [0.2, 0.25) is 0 Å². The van der Waals surface area contributed by atoms with Gasteiger partial charge in [-0.05, 0) is 63.1 Å². The fourth-order valence-corrected chi connectivity index (χ4v) is 2.38. The first kappa shape index (κ1) is 15.6. The van der Waals surface area contributed by atoms with Crippen LogP contribution in [0.1, 0.15) is 40.8 Å². The van der Waals surface area contributed by atoms with Crippen molar-refractivity contribution in [2.24, 2.45) is 0 Å². The van der Waals surface area contributed by atoms with E-state index in [9.17, 15) is 0 Å². The Kier molecular flexibility index (Phi) is 5.03. The summed E-state index contributed by atoms with van der Waals surface area (Å²) in [6, 6.07) is 13.2. The molecule has 2 aromatic rings. The quantitative estimate of drug-likeness (QED) is 0.874. The maximum atomic E-state index is 6.01. The number of aryl methyl sites for hydroxylation is 3. The largest absolute Gasteiger partial charge is 0.489 e. The SMILES string of the molecule is CNC(C)c1ccc(OCc2cc(C)ccc2C)c(C)c1. The van der Waals surface area contributed by atoms with Crippen LogP contribution in [0.5, 0.6) is 5.75 Å². The van der Waals surface area contributed by atoms with Gasteiger partial charge in [-0.2, -0.15) is 0 Å². The van der Waals surface area contributed by atoms with E-state index in [0.717, 1.165) is 5.75 Å². The third-order valence-electron chi connectivity index (χ3n) is 4.02. The zero-order valence-corrected chi connectivity index (χ0v) is 13.7. The molecule has 112 valence electrons. The van der Waals surface area contributed by atoms with Crippen molar-refractivity contribution >= 4 is 0 Å². The molecule has 1 unspecified atom stereocenters. The molecule has 0 amide bonds. The molecule has 0 saturated heterocycles. The van der Waals surface area contributed by atoms with Gasteiger partial charge >= 0.3 is 0 Å². The van der Waals surface area contributed by atoms with Crippen molar-refractivity contribution in [1.29, 1.82) is 0 Å². The summed E-state index contributed by atoms with van der Waals surface area (Å²) in [5, 5.41) is 3.26. The first-order valence-corrected chi connectivity index (χ1v) is 7.48. The fraction of sp³-hybridized carbons (Fsp3) is 0.368. The van der Waals surface area contributed by atoms with Gasteiger partial charge < -0.3 is 10.1 Å². The van der Waals surface area contributed by atoms with Gasteiger partial charge in [0.05, 0.1) is 0 Å². The van der Waals surface area contributed by atoms with E-state index in [1.165, 1.54) is 27.8 Å². The molecule has 0 saturated carbocycles. The number of rotatable bonds is 5. The summed E-state index contributed by atoms with van der Waals surface area (Å²) in [6.07, 6.45) is 0. The Morgan fingerprint density at radius 1 is 1.00 bits per heavy atom. The predicted octanol–water partition coefficient (Wildman–Crippen LogP) is 4.47. The van der Waals surface area contributed by atoms with Crippen molar-refractivity contribution in [2.45, 2.75) is 40.3 Å². The van der Waals surface area contributed by atoms with Gasteiger partial charge in [0.2, 0.25) is 0 Å². The predicted molar refractivity (Wildman–Crippen MR) is 88.9 cm³/mol. The standard InChI is InChI=1S/C19H25NO/c1-13-6-7-14(2)18(10-13)12-21-19-9-8-17(11-15(19)3)16(4)20-5/h6-11,16,20H,12H2,1-5H3. The molecular weight excluding hydrogens is 258 g/mol. The van der Waals surface area contributed by atoms with Crippen molar-refractivity contribution in [3.8, 4) is 5.75 Å². The van der Waals surface area contributed by atoms with Crippen LogP contribution in [0.25, 0.3) is 0 Å². The second-order valence-corrected chi connectivity index (χ2v) is 5.75. The van der Waals surface area contributed by atoms with E-state index in [2.05, 4.69) is 69.4 Å². The van der Waals surface area contributed by atoms with Crippen molar-refractivity contribution in [2.75, 3.05) is 7.05 Å². The molecule has 1 atom stereocenters. The third kappa shape index (κ3) is 3.85. The zero-order chi connectivity index (χ0) is 15.4. The highest BCUT2D eigenvalue weighted by molar-refractivity contribution is 5.38. The van der Waals surface area contributed by atoms with Crippen molar-refractivity contribution < 1.29 is 4.74 Å². The minimum absolute atomic E-state index is 0.358. The van der Waals surface area contributed by atoms with E-state index in [4.69, 9.17) is 4.74 Å². The van der Waals surface area contributed by atoms with Crippen molar-refractivity contribution in [3.63, 3.8) is 0 Å². The van der Waals surface area contributed by atoms with E-state index in [-0.39, 0.29) is 0 Å². The highest BCUT2D eigenvalue weighted by Gasteiger charge is 2.07. The lowest BCUT2D eigenvalue weighted by molar-refractivity contribution is 0.303. The normalized spacial score (nSPS) is 12.2. The topological polar surface area (TPSA) is 21.3 Å². The van der Waals surface area contributed by atoms with Gasteiger partial charge in [0.15, 0.2) is 0 Å². The van der Waals surface area contributed by atoms with Gasteiger partial charge in [0, 0.05) is 6.04 Å². The second kappa shape index (κ2) is 6.77. The Morgan fingerprint density at radius 3 is 2.43 bits per heavy atom. The van der Waals surface area contributed by atoms with Crippen LogP contribution in [0, 0.1) is 20.8 Å². The van der Waals surface area contributed by atoms with Gasteiger partial charge in [0.1, 0.15) is 12.4 Å². The number of nitrogens with one attached hydrogen (secondary N) is 1. The van der Waals surface area contributed by atoms with Gasteiger partial charge in [-0.3, -0.25) is 0 Å². The minimum atomic E-state index is 0.358. The summed E-state index contributed by atoms with van der Waals surface area (Å²) < 4.78 is 6.01. The molecule has 0 heterocycles. The number of ether oxygens (including phenoxy) is 1. The van der Waals surface area contributed by atoms with Gasteiger partial charge in [-0.1, -0.05) is 35.9 Å². The molecule has 1 N–H and O–H groups in total. The van der Waals surface area contributed by atoms with E-state index < -0.39 is 0 Å². The van der Waals surface area contributed by atoms with Gasteiger partial charge in [-0.15, -0.1) is 0 Å². The molecule has 0 radical (unpaired) electrons. The molecule has 0 aliphatic rings. The second-order valence-electron chi connectivity index (χ2n) is 5.75. The van der Waals surface area contributed by atoms with Crippen LogP contribution in [0.4, 0.5) is 0 Å². The molecule has 21 heavy (non-hydrogen) atoms. The number of hydrogen-bond acceptors (Lipinski definition) is 2. The summed E-state index contributed by atoms with van der Waals surface area (Å²) >= 11 is 0. The number of hydrogen-bond donors (Lipinski definition) is 1. The number of benzene rings is 2. The molecule has 0 aliphatic heterocycles. The molecule has 0 aliphatic carbocycles. The lowest BCUT2D eigenvalue weighted by atomic mass is 10.0. The summed E-state index contributed by atoms with van der Waals surface area (Å²) in [5.41, 5.74) is 6.27. The smallest absolute Gasteiger partial charge is 0.122 e. The first-order valence-electron chi connectivity index (χ1n) is 7.48. The lowest BCUT2D eigenvalue weighted by Crippen LogP contribution is -2.12. The van der Waals surface area contributed by atoms with Crippen LogP contribution in [-0.4, -0.2) is 7.05 Å². The highest BCUT2D eigenvalue weighted by Crippen LogP contribution is 2.24. The molecule has 2 rings (SSSR count). The Labute approximate surface area is 128 Å². The average Bonchev–Trinajstić information content (AvgIpc) is 2.48. The molecule has 2 nitrogen and oxygen atoms in total. The summed E-state index contributed by atoms with van der Waals surface area (Å²) in [5.74, 6) is 0.961. The molecular formula is C19H25NO.